The summed E-state index contributed by atoms with van der Waals surface area (Å²) in [4.78, 5) is 4.44. The van der Waals surface area contributed by atoms with E-state index in [9.17, 15) is 0 Å². The lowest BCUT2D eigenvalue weighted by Crippen LogP contribution is -2.32. The molecule has 6 rings (SSSR count). The number of hydrogen-bond donors (Lipinski definition) is 1. The summed E-state index contributed by atoms with van der Waals surface area (Å²) in [7, 11) is 1.65. The molecule has 1 aromatic heterocycles. The highest BCUT2D eigenvalue weighted by atomic mass is 35.5. The lowest BCUT2D eigenvalue weighted by molar-refractivity contribution is 0.223. The topological polar surface area (TPSA) is 61.2 Å². The first-order valence-electron chi connectivity index (χ1n) is 10.4. The Balaban J connectivity index is 1.62. The van der Waals surface area contributed by atoms with Gasteiger partial charge in [-0.25, -0.2) is 4.68 Å². The van der Waals surface area contributed by atoms with E-state index in [4.69, 9.17) is 32.7 Å². The molecule has 1 N–H and O–H groups in total. The van der Waals surface area contributed by atoms with Gasteiger partial charge in [-0.15, -0.1) is 0 Å². The predicted molar refractivity (Wildman–Crippen MR) is 128 cm³/mol. The molecule has 164 valence electrons. The highest BCUT2D eigenvalue weighted by molar-refractivity contribution is 6.35. The Morgan fingerprint density at radius 3 is 2.64 bits per heavy atom. The summed E-state index contributed by atoms with van der Waals surface area (Å²) in [6, 6.07) is 21.0. The molecule has 3 heterocycles. The van der Waals surface area contributed by atoms with E-state index in [2.05, 4.69) is 15.4 Å². The second-order valence-corrected chi connectivity index (χ2v) is 8.66. The van der Waals surface area contributed by atoms with Crippen LogP contribution in [0.2, 0.25) is 10.0 Å². The van der Waals surface area contributed by atoms with Crippen LogP contribution in [0.4, 0.5) is 5.95 Å². The Morgan fingerprint density at radius 1 is 1.03 bits per heavy atom. The maximum absolute atomic E-state index is 6.71. The first-order chi connectivity index (χ1) is 16.1. The van der Waals surface area contributed by atoms with E-state index in [1.54, 1.807) is 13.2 Å². The number of rotatable bonds is 3. The lowest BCUT2D eigenvalue weighted by Gasteiger charge is -2.39. The molecule has 3 aromatic carbocycles. The molecule has 0 saturated carbocycles. The zero-order chi connectivity index (χ0) is 22.5. The number of nitrogens with zero attached hydrogens (tertiary/aromatic N) is 3. The van der Waals surface area contributed by atoms with Crippen molar-refractivity contribution in [2.24, 2.45) is 0 Å². The van der Waals surface area contributed by atoms with Crippen molar-refractivity contribution >= 4 is 34.8 Å². The highest BCUT2D eigenvalue weighted by Crippen LogP contribution is 2.51. The largest absolute Gasteiger partial charge is 0.497 e. The number of nitrogens with one attached hydrogen (secondary N) is 1. The van der Waals surface area contributed by atoms with E-state index in [1.165, 1.54) is 6.33 Å². The number of fused-ring (bicyclic) bond motifs is 3. The molecular weight excluding hydrogens is 459 g/mol. The Labute approximate surface area is 200 Å². The molecule has 0 radical (unpaired) electrons. The van der Waals surface area contributed by atoms with Crippen LogP contribution in [0.3, 0.4) is 0 Å². The van der Waals surface area contributed by atoms with Gasteiger partial charge < -0.3 is 14.8 Å². The first-order valence-corrected chi connectivity index (χ1v) is 11.1. The van der Waals surface area contributed by atoms with Crippen LogP contribution in [-0.2, 0) is 0 Å². The average molecular weight is 477 g/mol. The minimum Gasteiger partial charge on any atom is -0.497 e. The van der Waals surface area contributed by atoms with Gasteiger partial charge in [0.15, 0.2) is 0 Å². The number of para-hydroxylation sites is 1. The SMILES string of the molecule is COc1ccc([C@H]2Oc3ccccc3C3=C2[C@@H](c2ccc(Cl)cc2Cl)n2ncnc2N3)cc1. The smallest absolute Gasteiger partial charge is 0.226 e. The molecule has 0 saturated heterocycles. The summed E-state index contributed by atoms with van der Waals surface area (Å²) < 4.78 is 13.8. The summed E-state index contributed by atoms with van der Waals surface area (Å²) in [5.74, 6) is 2.20. The molecule has 33 heavy (non-hydrogen) atoms. The Hall–Kier alpha value is -3.48. The van der Waals surface area contributed by atoms with E-state index >= 15 is 0 Å². The normalized spacial score (nSPS) is 18.5. The zero-order valence-electron chi connectivity index (χ0n) is 17.5. The van der Waals surface area contributed by atoms with E-state index in [-0.39, 0.29) is 12.1 Å². The fraction of sp³-hybridized carbons (Fsp3) is 0.120. The summed E-state index contributed by atoms with van der Waals surface area (Å²) in [5, 5.41) is 9.13. The van der Waals surface area contributed by atoms with Gasteiger partial charge >= 0.3 is 0 Å². The Kier molecular flexibility index (Phi) is 4.78. The van der Waals surface area contributed by atoms with Crippen LogP contribution in [0.1, 0.15) is 28.8 Å². The van der Waals surface area contributed by atoms with Crippen LogP contribution in [0, 0.1) is 0 Å². The van der Waals surface area contributed by atoms with Crippen LogP contribution in [0.25, 0.3) is 5.70 Å². The van der Waals surface area contributed by atoms with Crippen LogP contribution < -0.4 is 14.8 Å². The number of methoxy groups -OCH3 is 1. The van der Waals surface area contributed by atoms with E-state index in [0.717, 1.165) is 39.5 Å². The highest BCUT2D eigenvalue weighted by Gasteiger charge is 2.41. The van der Waals surface area contributed by atoms with Crippen LogP contribution in [-0.4, -0.2) is 21.9 Å². The summed E-state index contributed by atoms with van der Waals surface area (Å²) in [5.41, 5.74) is 4.73. The molecule has 6 nitrogen and oxygen atoms in total. The predicted octanol–water partition coefficient (Wildman–Crippen LogP) is 6.15. The van der Waals surface area contributed by atoms with Crippen molar-refractivity contribution in [2.45, 2.75) is 12.1 Å². The van der Waals surface area contributed by atoms with E-state index in [0.29, 0.717) is 16.0 Å². The van der Waals surface area contributed by atoms with Crippen LogP contribution in [0.5, 0.6) is 11.5 Å². The minimum atomic E-state index is -0.387. The fourth-order valence-electron chi connectivity index (χ4n) is 4.49. The number of aromatic nitrogens is 3. The molecule has 0 aliphatic carbocycles. The van der Waals surface area contributed by atoms with Gasteiger partial charge in [0.05, 0.1) is 12.8 Å². The average Bonchev–Trinajstić information content (AvgIpc) is 3.31. The van der Waals surface area contributed by atoms with Gasteiger partial charge in [0, 0.05) is 21.2 Å². The Bertz CT molecular complexity index is 1400. The molecule has 2 aliphatic rings. The van der Waals surface area contributed by atoms with Gasteiger partial charge in [-0.3, -0.25) is 0 Å². The molecule has 2 atom stereocenters. The van der Waals surface area contributed by atoms with Crippen LogP contribution >= 0.6 is 23.2 Å². The quantitative estimate of drug-likeness (QED) is 0.383. The van der Waals surface area contributed by atoms with Crippen molar-refractivity contribution < 1.29 is 9.47 Å². The van der Waals surface area contributed by atoms with Crippen molar-refractivity contribution in [1.82, 2.24) is 14.8 Å². The maximum Gasteiger partial charge on any atom is 0.226 e. The van der Waals surface area contributed by atoms with Gasteiger partial charge in [0.25, 0.3) is 0 Å². The maximum atomic E-state index is 6.71. The van der Waals surface area contributed by atoms with E-state index in [1.807, 2.05) is 65.3 Å². The molecule has 0 bridgehead atoms. The number of ether oxygens (including phenoxy) is 2. The van der Waals surface area contributed by atoms with Crippen molar-refractivity contribution in [3.63, 3.8) is 0 Å². The van der Waals surface area contributed by atoms with Gasteiger partial charge in [-0.1, -0.05) is 53.5 Å². The van der Waals surface area contributed by atoms with Gasteiger partial charge in [-0.2, -0.15) is 10.1 Å². The summed E-state index contributed by atoms with van der Waals surface area (Å²) in [6.45, 7) is 0. The van der Waals surface area contributed by atoms with Crippen molar-refractivity contribution in [3.8, 4) is 11.5 Å². The second kappa shape index (κ2) is 7.83. The van der Waals surface area contributed by atoms with Gasteiger partial charge in [0.1, 0.15) is 30.0 Å². The summed E-state index contributed by atoms with van der Waals surface area (Å²) >= 11 is 12.9. The molecule has 0 spiro atoms. The third-order valence-corrected chi connectivity index (χ3v) is 6.56. The number of anilines is 1. The Morgan fingerprint density at radius 2 is 1.85 bits per heavy atom. The molecular formula is C25H18Cl2N4O2. The lowest BCUT2D eigenvalue weighted by atomic mass is 9.84. The number of halogens is 2. The minimum absolute atomic E-state index is 0.344. The van der Waals surface area contributed by atoms with E-state index < -0.39 is 0 Å². The zero-order valence-corrected chi connectivity index (χ0v) is 19.0. The number of hydrogen-bond acceptors (Lipinski definition) is 5. The fourth-order valence-corrected chi connectivity index (χ4v) is 5.01. The first kappa shape index (κ1) is 20.1. The second-order valence-electron chi connectivity index (χ2n) is 7.82. The molecule has 2 aliphatic heterocycles. The molecule has 4 aromatic rings. The van der Waals surface area contributed by atoms with Crippen LogP contribution in [0.15, 0.2) is 78.6 Å². The van der Waals surface area contributed by atoms with Crippen molar-refractivity contribution in [3.05, 3.63) is 105 Å². The molecule has 0 fully saturated rings. The monoisotopic (exact) mass is 476 g/mol. The molecule has 8 heteroatoms. The molecule has 0 amide bonds. The van der Waals surface area contributed by atoms with Crippen molar-refractivity contribution in [1.29, 1.82) is 0 Å². The van der Waals surface area contributed by atoms with Crippen molar-refractivity contribution in [2.75, 3.05) is 12.4 Å². The summed E-state index contributed by atoms with van der Waals surface area (Å²) in [6.07, 6.45) is 1.15. The standard InChI is InChI=1S/C25H18Cl2N4O2/c1-32-16-9-6-14(7-10-16)24-21-22(18-4-2-3-5-20(18)33-24)30-25-28-13-29-31(25)23(21)17-11-8-15(26)12-19(17)27/h2-13,23-24H,1H3,(H,28,29,30)/t23-,24-/m1/s1. The van der Waals surface area contributed by atoms with Gasteiger partial charge in [-0.05, 0) is 47.5 Å². The van der Waals surface area contributed by atoms with Gasteiger partial charge in [0.2, 0.25) is 5.95 Å². The third-order valence-electron chi connectivity index (χ3n) is 6.00. The molecule has 0 unspecified atom stereocenters. The third kappa shape index (κ3) is 3.25. The number of benzene rings is 3.